The van der Waals surface area contributed by atoms with Crippen LogP contribution in [0.15, 0.2) is 5.38 Å². The maximum Gasteiger partial charge on any atom is 0.0898 e. The lowest BCUT2D eigenvalue weighted by Crippen LogP contribution is -2.37. The lowest BCUT2D eigenvalue weighted by molar-refractivity contribution is 0.163. The molecule has 0 radical (unpaired) electrons. The Morgan fingerprint density at radius 1 is 1.56 bits per heavy atom. The molecule has 4 unspecified atom stereocenters. The molecule has 2 saturated heterocycles. The van der Waals surface area contributed by atoms with Gasteiger partial charge < -0.3 is 5.32 Å². The fourth-order valence-electron chi connectivity index (χ4n) is 3.78. The van der Waals surface area contributed by atoms with Crippen molar-refractivity contribution in [2.45, 2.75) is 39.3 Å². The summed E-state index contributed by atoms with van der Waals surface area (Å²) < 4.78 is 0. The molecule has 0 amide bonds. The molecule has 0 saturated carbocycles. The van der Waals surface area contributed by atoms with E-state index in [1.54, 1.807) is 11.3 Å². The molecule has 18 heavy (non-hydrogen) atoms. The Kier molecular flexibility index (Phi) is 3.43. The molecule has 2 aliphatic rings. The standard InChI is InChI=1S/C14H23N3S/c1-4-14-12-6-15-5-11(12)7-17(14)9(2)13-8-18-10(3)16-13/h8-9,11-12,14-15H,4-7H2,1-3H3. The monoisotopic (exact) mass is 265 g/mol. The number of hydrogen-bond donors (Lipinski definition) is 1. The van der Waals surface area contributed by atoms with Crippen molar-refractivity contribution in [2.24, 2.45) is 11.8 Å². The van der Waals surface area contributed by atoms with Crippen LogP contribution >= 0.6 is 11.3 Å². The zero-order valence-electron chi connectivity index (χ0n) is 11.5. The summed E-state index contributed by atoms with van der Waals surface area (Å²) in [4.78, 5) is 7.38. The number of nitrogens with one attached hydrogen (secondary N) is 1. The lowest BCUT2D eigenvalue weighted by Gasteiger charge is -2.31. The second-order valence-corrected chi connectivity index (χ2v) is 6.78. The fourth-order valence-corrected chi connectivity index (χ4v) is 4.48. The molecule has 0 spiro atoms. The minimum Gasteiger partial charge on any atom is -0.316 e. The van der Waals surface area contributed by atoms with Gasteiger partial charge in [0.2, 0.25) is 0 Å². The first kappa shape index (κ1) is 12.6. The van der Waals surface area contributed by atoms with Crippen LogP contribution in [-0.2, 0) is 0 Å². The smallest absolute Gasteiger partial charge is 0.0898 e. The highest BCUT2D eigenvalue weighted by molar-refractivity contribution is 7.09. The highest BCUT2D eigenvalue weighted by Crippen LogP contribution is 2.39. The Balaban J connectivity index is 1.79. The summed E-state index contributed by atoms with van der Waals surface area (Å²) in [5.41, 5.74) is 1.27. The van der Waals surface area contributed by atoms with E-state index in [4.69, 9.17) is 0 Å². The van der Waals surface area contributed by atoms with Crippen molar-refractivity contribution in [2.75, 3.05) is 19.6 Å². The van der Waals surface area contributed by atoms with Gasteiger partial charge in [0.1, 0.15) is 0 Å². The van der Waals surface area contributed by atoms with E-state index in [0.717, 1.165) is 17.9 Å². The maximum atomic E-state index is 4.68. The molecule has 100 valence electrons. The average Bonchev–Trinajstić information content (AvgIpc) is 3.01. The van der Waals surface area contributed by atoms with E-state index >= 15 is 0 Å². The molecule has 4 atom stereocenters. The van der Waals surface area contributed by atoms with Gasteiger partial charge in [0.25, 0.3) is 0 Å². The summed E-state index contributed by atoms with van der Waals surface area (Å²) in [7, 11) is 0. The molecule has 2 aliphatic heterocycles. The summed E-state index contributed by atoms with van der Waals surface area (Å²) in [6.07, 6.45) is 1.26. The molecule has 0 aliphatic carbocycles. The summed E-state index contributed by atoms with van der Waals surface area (Å²) in [6.45, 7) is 10.4. The molecule has 3 rings (SSSR count). The zero-order valence-corrected chi connectivity index (χ0v) is 12.3. The highest BCUT2D eigenvalue weighted by atomic mass is 32.1. The summed E-state index contributed by atoms with van der Waals surface area (Å²) >= 11 is 1.77. The molecule has 4 heteroatoms. The average molecular weight is 265 g/mol. The van der Waals surface area contributed by atoms with E-state index in [-0.39, 0.29) is 0 Å². The van der Waals surface area contributed by atoms with Crippen LogP contribution in [0.4, 0.5) is 0 Å². The second kappa shape index (κ2) is 4.91. The van der Waals surface area contributed by atoms with Crippen molar-refractivity contribution in [3.8, 4) is 0 Å². The molecule has 1 aromatic rings. The van der Waals surface area contributed by atoms with Crippen molar-refractivity contribution in [1.82, 2.24) is 15.2 Å². The third kappa shape index (κ3) is 2.00. The zero-order chi connectivity index (χ0) is 12.7. The van der Waals surface area contributed by atoms with Crippen molar-refractivity contribution in [3.05, 3.63) is 16.1 Å². The quantitative estimate of drug-likeness (QED) is 0.910. The first-order valence-corrected chi connectivity index (χ1v) is 7.97. The summed E-state index contributed by atoms with van der Waals surface area (Å²) in [5, 5.41) is 6.97. The maximum absolute atomic E-state index is 4.68. The van der Waals surface area contributed by atoms with E-state index in [1.807, 2.05) is 0 Å². The van der Waals surface area contributed by atoms with Gasteiger partial charge in [-0.05, 0) is 45.2 Å². The van der Waals surface area contributed by atoms with Gasteiger partial charge in [0.15, 0.2) is 0 Å². The minimum atomic E-state index is 0.477. The van der Waals surface area contributed by atoms with Crippen LogP contribution in [0.2, 0.25) is 0 Å². The fraction of sp³-hybridized carbons (Fsp3) is 0.786. The number of aromatic nitrogens is 1. The van der Waals surface area contributed by atoms with E-state index in [2.05, 4.69) is 41.4 Å². The van der Waals surface area contributed by atoms with E-state index in [0.29, 0.717) is 6.04 Å². The van der Waals surface area contributed by atoms with Gasteiger partial charge in [-0.25, -0.2) is 4.98 Å². The molecule has 1 aromatic heterocycles. The van der Waals surface area contributed by atoms with Crippen LogP contribution in [0.25, 0.3) is 0 Å². The second-order valence-electron chi connectivity index (χ2n) is 5.72. The van der Waals surface area contributed by atoms with Crippen molar-refractivity contribution >= 4 is 11.3 Å². The predicted octanol–water partition coefficient (Wildman–Crippen LogP) is 2.44. The minimum absolute atomic E-state index is 0.477. The Bertz CT molecular complexity index is 417. The SMILES string of the molecule is CCC1C2CNCC2CN1C(C)c1csc(C)n1. The van der Waals surface area contributed by atoms with Gasteiger partial charge in [-0.15, -0.1) is 11.3 Å². The van der Waals surface area contributed by atoms with Crippen LogP contribution in [0.1, 0.15) is 37.0 Å². The van der Waals surface area contributed by atoms with E-state index < -0.39 is 0 Å². The Hall–Kier alpha value is -0.450. The number of aryl methyl sites for hydroxylation is 1. The van der Waals surface area contributed by atoms with Gasteiger partial charge in [-0.2, -0.15) is 0 Å². The third-order valence-corrected chi connectivity index (χ3v) is 5.53. The first-order valence-electron chi connectivity index (χ1n) is 7.09. The number of thiazole rings is 1. The van der Waals surface area contributed by atoms with Crippen LogP contribution in [0.5, 0.6) is 0 Å². The van der Waals surface area contributed by atoms with E-state index in [1.165, 1.54) is 36.8 Å². The molecular formula is C14H23N3S. The van der Waals surface area contributed by atoms with Crippen LogP contribution in [-0.4, -0.2) is 35.6 Å². The topological polar surface area (TPSA) is 28.2 Å². The lowest BCUT2D eigenvalue weighted by atomic mass is 9.92. The van der Waals surface area contributed by atoms with Gasteiger partial charge in [0.05, 0.1) is 16.7 Å². The molecular weight excluding hydrogens is 242 g/mol. The Morgan fingerprint density at radius 2 is 2.39 bits per heavy atom. The first-order chi connectivity index (χ1) is 8.70. The van der Waals surface area contributed by atoms with Crippen molar-refractivity contribution in [3.63, 3.8) is 0 Å². The molecule has 3 heterocycles. The molecule has 0 bridgehead atoms. The van der Waals surface area contributed by atoms with Crippen LogP contribution < -0.4 is 5.32 Å². The van der Waals surface area contributed by atoms with Gasteiger partial charge in [-0.1, -0.05) is 6.92 Å². The van der Waals surface area contributed by atoms with Crippen molar-refractivity contribution in [1.29, 1.82) is 0 Å². The number of hydrogen-bond acceptors (Lipinski definition) is 4. The molecule has 1 N–H and O–H groups in total. The molecule has 2 fully saturated rings. The van der Waals surface area contributed by atoms with Crippen molar-refractivity contribution < 1.29 is 0 Å². The summed E-state index contributed by atoms with van der Waals surface area (Å²) in [5.74, 6) is 1.72. The predicted molar refractivity (Wildman–Crippen MR) is 75.9 cm³/mol. The van der Waals surface area contributed by atoms with E-state index in [9.17, 15) is 0 Å². The highest BCUT2D eigenvalue weighted by Gasteiger charge is 2.45. The number of likely N-dealkylation sites (tertiary alicyclic amines) is 1. The van der Waals surface area contributed by atoms with Gasteiger partial charge in [0, 0.05) is 18.0 Å². The number of rotatable bonds is 3. The third-order valence-electron chi connectivity index (χ3n) is 4.74. The summed E-state index contributed by atoms with van der Waals surface area (Å²) in [6, 6.07) is 1.22. The largest absolute Gasteiger partial charge is 0.316 e. The number of nitrogens with zero attached hydrogens (tertiary/aromatic N) is 2. The van der Waals surface area contributed by atoms with Crippen LogP contribution in [0.3, 0.4) is 0 Å². The number of fused-ring (bicyclic) bond motifs is 1. The van der Waals surface area contributed by atoms with Gasteiger partial charge in [-0.3, -0.25) is 4.90 Å². The molecule has 3 nitrogen and oxygen atoms in total. The van der Waals surface area contributed by atoms with Crippen LogP contribution in [0, 0.1) is 18.8 Å². The Labute approximate surface area is 114 Å². The Morgan fingerprint density at radius 3 is 3.06 bits per heavy atom. The normalized spacial score (nSPS) is 33.8. The molecule has 0 aromatic carbocycles. The van der Waals surface area contributed by atoms with Gasteiger partial charge >= 0.3 is 0 Å².